The lowest BCUT2D eigenvalue weighted by Crippen LogP contribution is -2.60. The Bertz CT molecular complexity index is 2000. The molecule has 0 radical (unpaired) electrons. The van der Waals surface area contributed by atoms with Crippen molar-refractivity contribution in [1.82, 2.24) is 47.9 Å². The molecule has 0 saturated carbocycles. The lowest BCUT2D eigenvalue weighted by molar-refractivity contribution is -0.142. The smallest absolute Gasteiger partial charge is 0.326 e. The maximum absolute atomic E-state index is 13.8. The molecule has 18 N–H and O–H groups in total. The molecule has 26 nitrogen and oxygen atoms in total. The molecule has 0 spiro atoms. The zero-order chi connectivity index (χ0) is 54.7. The molecule has 1 aromatic rings. The third-order valence-corrected chi connectivity index (χ3v) is 11.3. The molecule has 0 fully saturated rings. The first-order valence-corrected chi connectivity index (χ1v) is 24.7. The number of amides is 10. The first-order chi connectivity index (χ1) is 33.8. The van der Waals surface area contributed by atoms with Crippen molar-refractivity contribution >= 4 is 76.8 Å². The van der Waals surface area contributed by atoms with E-state index in [2.05, 4.69) is 47.9 Å². The summed E-state index contributed by atoms with van der Waals surface area (Å²) < 4.78 is 0. The van der Waals surface area contributed by atoms with E-state index in [9.17, 15) is 68.1 Å². The van der Waals surface area contributed by atoms with Crippen LogP contribution in [-0.2, 0) is 59.2 Å². The number of nitrogens with two attached hydrogens (primary N) is 3. The fraction of sp³-hybridized carbons (Fsp3) is 0.622. The number of carboxylic acids is 1. The van der Waals surface area contributed by atoms with Crippen LogP contribution in [0.2, 0.25) is 0 Å². The van der Waals surface area contributed by atoms with Crippen LogP contribution >= 0.6 is 11.8 Å². The average Bonchev–Trinajstić information content (AvgIpc) is 3.31. The van der Waals surface area contributed by atoms with Gasteiger partial charge in [0.15, 0.2) is 0 Å². The zero-order valence-corrected chi connectivity index (χ0v) is 42.3. The molecular formula is C45H74N12O14S. The summed E-state index contributed by atoms with van der Waals surface area (Å²) in [4.78, 5) is 142. The van der Waals surface area contributed by atoms with Gasteiger partial charge in [0.1, 0.15) is 48.3 Å². The van der Waals surface area contributed by atoms with Gasteiger partial charge >= 0.3 is 5.97 Å². The van der Waals surface area contributed by atoms with E-state index in [0.29, 0.717) is 12.2 Å². The Morgan fingerprint density at radius 1 is 0.625 bits per heavy atom. The normalized spacial score (nSPS) is 15.2. The molecule has 1 rings (SSSR count). The van der Waals surface area contributed by atoms with Crippen molar-refractivity contribution in [2.75, 3.05) is 31.7 Å². The molecule has 10 amide bonds. The molecular weight excluding hydrogens is 965 g/mol. The summed E-state index contributed by atoms with van der Waals surface area (Å²) in [6.45, 7) is 5.68. The number of rotatable bonds is 34. The first kappa shape index (κ1) is 63.6. The van der Waals surface area contributed by atoms with Crippen molar-refractivity contribution in [3.8, 4) is 0 Å². The van der Waals surface area contributed by atoms with Crippen molar-refractivity contribution < 1.29 is 68.1 Å². The van der Waals surface area contributed by atoms with Crippen LogP contribution in [0.25, 0.3) is 0 Å². The molecule has 0 aliphatic heterocycles. The van der Waals surface area contributed by atoms with Crippen molar-refractivity contribution in [1.29, 1.82) is 0 Å². The predicted molar refractivity (Wildman–Crippen MR) is 263 cm³/mol. The lowest BCUT2D eigenvalue weighted by atomic mass is 10.0. The topological polar surface area (TPSA) is 435 Å². The minimum Gasteiger partial charge on any atom is -0.480 e. The number of hydrogen-bond donors (Lipinski definition) is 15. The maximum Gasteiger partial charge on any atom is 0.326 e. The van der Waals surface area contributed by atoms with Gasteiger partial charge in [0, 0.05) is 0 Å². The number of primary amides is 1. The Hall–Kier alpha value is -6.42. The van der Waals surface area contributed by atoms with Gasteiger partial charge in [-0.1, -0.05) is 44.2 Å². The number of unbranched alkanes of at least 4 members (excludes halogenated alkanes) is 1. The van der Waals surface area contributed by atoms with Crippen LogP contribution in [-0.4, -0.2) is 173 Å². The standard InChI is InChI=1S/C45H74N12O14S/c1-23(2)18-31(40(65)49-21-35(61)57-36(26(5)59)44(69)51-25(4)37(62)53-30(45(70)71)15-17-72-6)54-41(66)29(14-10-11-16-46)52-42(67)32(20-34(48)60)55-43(68)33(22-58)56-38(63)24(3)50-39(64)28(47)19-27-12-8-7-9-13-27/h7-9,12-13,23-26,28-33,36,58-59H,10-11,14-22,46-47H2,1-6H3,(H2,48,60)(H,49,65)(H,50,64)(H,51,69)(H,52,67)(H,53,62)(H,54,66)(H,55,68)(H,56,63)(H,57,61)(H,70,71)/t24-,25-,26+,28-,29-,30-,31-,32-,33-,36-/m0/s1. The Morgan fingerprint density at radius 2 is 1.15 bits per heavy atom. The highest BCUT2D eigenvalue weighted by atomic mass is 32.2. The van der Waals surface area contributed by atoms with Crippen LogP contribution < -0.4 is 65.1 Å². The summed E-state index contributed by atoms with van der Waals surface area (Å²) in [6, 6.07) is -3.72. The third-order valence-electron chi connectivity index (χ3n) is 10.6. The van der Waals surface area contributed by atoms with Crippen LogP contribution in [0.1, 0.15) is 78.7 Å². The summed E-state index contributed by atoms with van der Waals surface area (Å²) in [5.41, 5.74) is 17.8. The number of aliphatic carboxylic acids is 1. The fourth-order valence-electron chi connectivity index (χ4n) is 6.61. The van der Waals surface area contributed by atoms with Crippen LogP contribution in [0.4, 0.5) is 0 Å². The first-order valence-electron chi connectivity index (χ1n) is 23.3. The second kappa shape index (κ2) is 33.3. The van der Waals surface area contributed by atoms with Crippen molar-refractivity contribution in [2.45, 2.75) is 140 Å². The number of aliphatic hydroxyl groups is 2. The van der Waals surface area contributed by atoms with Gasteiger partial charge in [-0.25, -0.2) is 4.79 Å². The van der Waals surface area contributed by atoms with Gasteiger partial charge in [-0.15, -0.1) is 0 Å². The number of nitrogens with one attached hydrogen (secondary N) is 9. The highest BCUT2D eigenvalue weighted by Crippen LogP contribution is 2.10. The molecule has 0 bridgehead atoms. The Morgan fingerprint density at radius 3 is 1.68 bits per heavy atom. The van der Waals surface area contributed by atoms with Gasteiger partial charge in [0.2, 0.25) is 59.1 Å². The van der Waals surface area contributed by atoms with Crippen LogP contribution in [0.3, 0.4) is 0 Å². The van der Waals surface area contributed by atoms with E-state index >= 15 is 0 Å². The molecule has 72 heavy (non-hydrogen) atoms. The predicted octanol–water partition coefficient (Wildman–Crippen LogP) is -5.15. The highest BCUT2D eigenvalue weighted by molar-refractivity contribution is 7.98. The van der Waals surface area contributed by atoms with Gasteiger partial charge < -0.3 is 80.4 Å². The number of carboxylic acid groups (broad SMARTS) is 1. The van der Waals surface area contributed by atoms with Crippen LogP contribution in [0, 0.1) is 5.92 Å². The number of aliphatic hydroxyl groups excluding tert-OH is 2. The van der Waals surface area contributed by atoms with E-state index < -0.39 is 145 Å². The van der Waals surface area contributed by atoms with Crippen LogP contribution in [0.15, 0.2) is 30.3 Å². The fourth-order valence-corrected chi connectivity index (χ4v) is 7.08. The average molecular weight is 1040 g/mol. The largest absolute Gasteiger partial charge is 0.480 e. The van der Waals surface area contributed by atoms with E-state index in [4.69, 9.17) is 17.2 Å². The molecule has 0 heterocycles. The summed E-state index contributed by atoms with van der Waals surface area (Å²) in [5, 5.41) is 51.0. The van der Waals surface area contributed by atoms with E-state index in [-0.39, 0.29) is 44.6 Å². The molecule has 0 saturated heterocycles. The Labute approximate surface area is 422 Å². The van der Waals surface area contributed by atoms with E-state index in [1.807, 2.05) is 0 Å². The minimum absolute atomic E-state index is 0.0126. The van der Waals surface area contributed by atoms with Crippen molar-refractivity contribution in [3.63, 3.8) is 0 Å². The third kappa shape index (κ3) is 24.1. The van der Waals surface area contributed by atoms with Gasteiger partial charge in [-0.05, 0) is 89.3 Å². The quantitative estimate of drug-likeness (QED) is 0.0287. The highest BCUT2D eigenvalue weighted by Gasteiger charge is 2.34. The minimum atomic E-state index is -1.75. The zero-order valence-electron chi connectivity index (χ0n) is 41.5. The second-order valence-corrected chi connectivity index (χ2v) is 18.4. The summed E-state index contributed by atoms with van der Waals surface area (Å²) in [6.07, 6.45) is 0.356. The van der Waals surface area contributed by atoms with Crippen molar-refractivity contribution in [2.24, 2.45) is 23.1 Å². The Balaban J connectivity index is 3.09. The SMILES string of the molecule is CSCC[C@H](NC(=O)[C@H](C)NC(=O)[C@@H](NC(=O)CNC(=O)[C@H](CC(C)C)NC(=O)[C@H](CCCCN)NC(=O)[C@H](CC(N)=O)NC(=O)[C@H](CO)NC(=O)[C@H](C)NC(=O)[C@@H](N)Cc1ccccc1)[C@@H](C)O)C(=O)O. The number of carbonyl (C=O) groups excluding carboxylic acids is 10. The molecule has 0 unspecified atom stereocenters. The van der Waals surface area contributed by atoms with Gasteiger partial charge in [0.25, 0.3) is 0 Å². The van der Waals surface area contributed by atoms with Crippen LogP contribution in [0.5, 0.6) is 0 Å². The molecule has 1 aromatic carbocycles. The van der Waals surface area contributed by atoms with Gasteiger partial charge in [-0.3, -0.25) is 47.9 Å². The molecule has 0 aromatic heterocycles. The number of thioether (sulfide) groups is 1. The van der Waals surface area contributed by atoms with E-state index in [1.54, 1.807) is 50.4 Å². The molecule has 0 aliphatic carbocycles. The lowest BCUT2D eigenvalue weighted by Gasteiger charge is -2.27. The van der Waals surface area contributed by atoms with E-state index in [0.717, 1.165) is 5.56 Å². The van der Waals surface area contributed by atoms with Gasteiger partial charge in [0.05, 0.1) is 31.7 Å². The Kier molecular flexibility index (Phi) is 29.4. The monoisotopic (exact) mass is 1040 g/mol. The molecule has 0 aliphatic rings. The number of carbonyl (C=O) groups is 11. The second-order valence-electron chi connectivity index (χ2n) is 17.5. The summed E-state index contributed by atoms with van der Waals surface area (Å²) in [7, 11) is 0. The summed E-state index contributed by atoms with van der Waals surface area (Å²) >= 11 is 1.37. The van der Waals surface area contributed by atoms with E-state index in [1.165, 1.54) is 32.5 Å². The van der Waals surface area contributed by atoms with Crippen molar-refractivity contribution in [3.05, 3.63) is 35.9 Å². The molecule has 27 heteroatoms. The molecule has 10 atom stereocenters. The number of hydrogen-bond acceptors (Lipinski definition) is 16. The van der Waals surface area contributed by atoms with Gasteiger partial charge in [-0.2, -0.15) is 11.8 Å². The maximum atomic E-state index is 13.8. The molecule has 404 valence electrons. The number of benzene rings is 1. The summed E-state index contributed by atoms with van der Waals surface area (Å²) in [5.74, 6) is -10.5.